The molecule has 3 heteroatoms. The molecule has 1 atom stereocenters. The maximum Gasteiger partial charge on any atom is 0.135 e. The summed E-state index contributed by atoms with van der Waals surface area (Å²) in [6.45, 7) is 7.38. The smallest absolute Gasteiger partial charge is 0.135 e. The highest BCUT2D eigenvalue weighted by molar-refractivity contribution is 9.10. The Morgan fingerprint density at radius 3 is 2.79 bits per heavy atom. The molecule has 0 amide bonds. The molecule has 0 radical (unpaired) electrons. The van der Waals surface area contributed by atoms with Crippen LogP contribution < -0.4 is 5.32 Å². The van der Waals surface area contributed by atoms with Gasteiger partial charge in [0.25, 0.3) is 0 Å². The van der Waals surface area contributed by atoms with Crippen molar-refractivity contribution in [2.24, 2.45) is 0 Å². The Labute approximate surface area is 123 Å². The molecule has 0 saturated carbocycles. The van der Waals surface area contributed by atoms with Crippen LogP contribution in [0.4, 0.5) is 0 Å². The fourth-order valence-electron chi connectivity index (χ4n) is 2.03. The van der Waals surface area contributed by atoms with E-state index < -0.39 is 0 Å². The molecule has 2 rings (SSSR count). The highest BCUT2D eigenvalue weighted by Gasteiger charge is 2.13. The number of hydrogen-bond donors (Lipinski definition) is 1. The van der Waals surface area contributed by atoms with Gasteiger partial charge in [-0.25, -0.2) is 0 Å². The first-order chi connectivity index (χ1) is 9.13. The summed E-state index contributed by atoms with van der Waals surface area (Å²) in [5.41, 5.74) is 2.32. The molecule has 0 aliphatic heterocycles. The first kappa shape index (κ1) is 14.4. The Morgan fingerprint density at radius 1 is 1.26 bits per heavy atom. The van der Waals surface area contributed by atoms with Gasteiger partial charge in [-0.15, -0.1) is 0 Å². The lowest BCUT2D eigenvalue weighted by Gasteiger charge is -2.10. The Balaban J connectivity index is 2.23. The Hall–Kier alpha value is -1.06. The van der Waals surface area contributed by atoms with E-state index in [0.717, 1.165) is 34.5 Å². The predicted molar refractivity (Wildman–Crippen MR) is 83.3 cm³/mol. The molecule has 1 heterocycles. The average Bonchev–Trinajstić information content (AvgIpc) is 2.88. The average molecular weight is 322 g/mol. The van der Waals surface area contributed by atoms with Gasteiger partial charge in [0.2, 0.25) is 0 Å². The summed E-state index contributed by atoms with van der Waals surface area (Å²) >= 11 is 3.63. The van der Waals surface area contributed by atoms with Crippen LogP contribution in [0, 0.1) is 6.92 Å². The van der Waals surface area contributed by atoms with E-state index in [2.05, 4.69) is 66.3 Å². The maximum absolute atomic E-state index is 5.97. The van der Waals surface area contributed by atoms with Gasteiger partial charge in [0.05, 0.1) is 6.04 Å². The third kappa shape index (κ3) is 3.28. The molecule has 19 heavy (non-hydrogen) atoms. The van der Waals surface area contributed by atoms with Crippen molar-refractivity contribution in [3.8, 4) is 11.3 Å². The summed E-state index contributed by atoms with van der Waals surface area (Å²) < 4.78 is 7.07. The summed E-state index contributed by atoms with van der Waals surface area (Å²) in [5, 5.41) is 3.43. The van der Waals surface area contributed by atoms with Crippen LogP contribution in [0.2, 0.25) is 0 Å². The third-order valence-electron chi connectivity index (χ3n) is 3.21. The Bertz CT molecular complexity index is 547. The molecule has 2 aromatic rings. The van der Waals surface area contributed by atoms with Crippen molar-refractivity contribution < 1.29 is 4.42 Å². The van der Waals surface area contributed by atoms with Gasteiger partial charge in [-0.3, -0.25) is 0 Å². The molecular weight excluding hydrogens is 302 g/mol. The van der Waals surface area contributed by atoms with E-state index in [-0.39, 0.29) is 6.04 Å². The molecule has 0 aliphatic carbocycles. The van der Waals surface area contributed by atoms with Gasteiger partial charge in [0.1, 0.15) is 11.5 Å². The van der Waals surface area contributed by atoms with Crippen molar-refractivity contribution in [1.82, 2.24) is 5.32 Å². The van der Waals surface area contributed by atoms with Crippen LogP contribution in [-0.4, -0.2) is 6.54 Å². The van der Waals surface area contributed by atoms with E-state index in [1.807, 2.05) is 6.07 Å². The van der Waals surface area contributed by atoms with Crippen molar-refractivity contribution in [3.05, 3.63) is 46.1 Å². The minimum absolute atomic E-state index is 0.247. The summed E-state index contributed by atoms with van der Waals surface area (Å²) in [7, 11) is 0. The van der Waals surface area contributed by atoms with E-state index >= 15 is 0 Å². The third-order valence-corrected chi connectivity index (χ3v) is 4.26. The Kier molecular flexibility index (Phi) is 4.83. The fraction of sp³-hybridized carbons (Fsp3) is 0.375. The van der Waals surface area contributed by atoms with Crippen LogP contribution in [0.3, 0.4) is 0 Å². The first-order valence-corrected chi connectivity index (χ1v) is 7.51. The molecule has 1 aromatic carbocycles. The zero-order chi connectivity index (χ0) is 13.8. The molecule has 0 spiro atoms. The van der Waals surface area contributed by atoms with Gasteiger partial charge < -0.3 is 9.73 Å². The highest BCUT2D eigenvalue weighted by Crippen LogP contribution is 2.32. The second-order valence-electron chi connectivity index (χ2n) is 4.81. The number of hydrogen-bond acceptors (Lipinski definition) is 2. The number of nitrogens with one attached hydrogen (secondary N) is 1. The zero-order valence-electron chi connectivity index (χ0n) is 11.7. The molecular formula is C16H20BrNO. The SMILES string of the molecule is CCCNC(C)c1ccc(-c2cccc(C)c2Br)o1. The van der Waals surface area contributed by atoms with Crippen molar-refractivity contribution in [2.75, 3.05) is 6.54 Å². The molecule has 0 aliphatic rings. The van der Waals surface area contributed by atoms with Crippen molar-refractivity contribution in [2.45, 2.75) is 33.2 Å². The molecule has 0 bridgehead atoms. The number of aryl methyl sites for hydroxylation is 1. The maximum atomic E-state index is 5.97. The lowest BCUT2D eigenvalue weighted by atomic mass is 10.1. The van der Waals surface area contributed by atoms with Crippen molar-refractivity contribution in [3.63, 3.8) is 0 Å². The summed E-state index contributed by atoms with van der Waals surface area (Å²) in [5.74, 6) is 1.90. The van der Waals surface area contributed by atoms with Crippen LogP contribution in [0.25, 0.3) is 11.3 Å². The predicted octanol–water partition coefficient (Wildman–Crippen LogP) is 5.08. The van der Waals surface area contributed by atoms with Crippen LogP contribution in [0.5, 0.6) is 0 Å². The summed E-state index contributed by atoms with van der Waals surface area (Å²) in [6, 6.07) is 10.6. The van der Waals surface area contributed by atoms with E-state index in [1.54, 1.807) is 0 Å². The summed E-state index contributed by atoms with van der Waals surface area (Å²) in [6.07, 6.45) is 1.13. The fourth-order valence-corrected chi connectivity index (χ4v) is 2.49. The summed E-state index contributed by atoms with van der Waals surface area (Å²) in [4.78, 5) is 0. The van der Waals surface area contributed by atoms with Crippen molar-refractivity contribution >= 4 is 15.9 Å². The number of furan rings is 1. The first-order valence-electron chi connectivity index (χ1n) is 6.72. The monoisotopic (exact) mass is 321 g/mol. The Morgan fingerprint density at radius 2 is 2.05 bits per heavy atom. The van der Waals surface area contributed by atoms with E-state index in [9.17, 15) is 0 Å². The molecule has 1 aromatic heterocycles. The van der Waals surface area contributed by atoms with Crippen LogP contribution in [-0.2, 0) is 0 Å². The van der Waals surface area contributed by atoms with Crippen LogP contribution >= 0.6 is 15.9 Å². The highest BCUT2D eigenvalue weighted by atomic mass is 79.9. The second-order valence-corrected chi connectivity index (χ2v) is 5.61. The number of halogens is 1. The molecule has 1 unspecified atom stereocenters. The van der Waals surface area contributed by atoms with Gasteiger partial charge in [-0.05, 0) is 60.4 Å². The van der Waals surface area contributed by atoms with Crippen LogP contribution in [0.15, 0.2) is 39.2 Å². The zero-order valence-corrected chi connectivity index (χ0v) is 13.3. The van der Waals surface area contributed by atoms with Gasteiger partial charge in [-0.2, -0.15) is 0 Å². The molecule has 2 nitrogen and oxygen atoms in total. The van der Waals surface area contributed by atoms with Gasteiger partial charge in [0, 0.05) is 10.0 Å². The second kappa shape index (κ2) is 6.40. The lowest BCUT2D eigenvalue weighted by Crippen LogP contribution is -2.18. The minimum Gasteiger partial charge on any atom is -0.459 e. The molecule has 1 N–H and O–H groups in total. The van der Waals surface area contributed by atoms with Crippen LogP contribution in [0.1, 0.15) is 37.6 Å². The number of rotatable bonds is 5. The van der Waals surface area contributed by atoms with Crippen molar-refractivity contribution in [1.29, 1.82) is 0 Å². The van der Waals surface area contributed by atoms with E-state index in [4.69, 9.17) is 4.42 Å². The van der Waals surface area contributed by atoms with Gasteiger partial charge >= 0.3 is 0 Å². The van der Waals surface area contributed by atoms with E-state index in [1.165, 1.54) is 5.56 Å². The topological polar surface area (TPSA) is 25.2 Å². The lowest BCUT2D eigenvalue weighted by molar-refractivity contribution is 0.438. The minimum atomic E-state index is 0.247. The standard InChI is InChI=1S/C16H20BrNO/c1-4-10-18-12(3)14-8-9-15(19-14)13-7-5-6-11(2)16(13)17/h5-9,12,18H,4,10H2,1-3H3. The van der Waals surface area contributed by atoms with Gasteiger partial charge in [0.15, 0.2) is 0 Å². The van der Waals surface area contributed by atoms with E-state index in [0.29, 0.717) is 0 Å². The molecule has 0 saturated heterocycles. The quantitative estimate of drug-likeness (QED) is 0.830. The largest absolute Gasteiger partial charge is 0.459 e. The molecule has 0 fully saturated rings. The number of benzene rings is 1. The normalized spacial score (nSPS) is 12.6. The molecule has 102 valence electrons. The van der Waals surface area contributed by atoms with Gasteiger partial charge in [-0.1, -0.05) is 25.1 Å².